The lowest BCUT2D eigenvalue weighted by Crippen LogP contribution is -2.49. The minimum atomic E-state index is -4.47. The number of carbonyl (C=O) groups excluding carboxylic acids is 4. The van der Waals surface area contributed by atoms with Gasteiger partial charge in [-0.3, -0.25) is 24.4 Å². The second kappa shape index (κ2) is 12.5. The van der Waals surface area contributed by atoms with E-state index in [0.717, 1.165) is 24.3 Å². The maximum atomic E-state index is 12.7. The molecular weight excluding hydrogens is 469 g/mol. The Balaban J connectivity index is 1.80. The maximum Gasteiger partial charge on any atom is 0.416 e. The van der Waals surface area contributed by atoms with Gasteiger partial charge in [0.05, 0.1) is 12.1 Å². The Hall–Kier alpha value is -3.15. The number of rotatable bonds is 9. The van der Waals surface area contributed by atoms with Crippen LogP contribution in [0.15, 0.2) is 24.3 Å². The molecule has 1 aliphatic rings. The lowest BCUT2D eigenvalue weighted by atomic mass is 9.93. The van der Waals surface area contributed by atoms with Crippen molar-refractivity contribution in [2.24, 2.45) is 11.8 Å². The van der Waals surface area contributed by atoms with Crippen LogP contribution in [0.3, 0.4) is 0 Å². The summed E-state index contributed by atoms with van der Waals surface area (Å²) in [4.78, 5) is 50.3. The van der Waals surface area contributed by atoms with E-state index in [1.807, 2.05) is 13.8 Å². The van der Waals surface area contributed by atoms with E-state index in [4.69, 9.17) is 5.21 Å². The molecule has 1 fully saturated rings. The number of carbonyl (C=O) groups is 4. The van der Waals surface area contributed by atoms with Crippen molar-refractivity contribution in [3.63, 3.8) is 0 Å². The second-order valence-corrected chi connectivity index (χ2v) is 8.99. The molecule has 1 heterocycles. The highest BCUT2D eigenvalue weighted by molar-refractivity contribution is 5.94. The van der Waals surface area contributed by atoms with E-state index >= 15 is 0 Å². The molecule has 1 atom stereocenters. The predicted octanol–water partition coefficient (Wildman–Crippen LogP) is 2.10. The number of alkyl halides is 3. The largest absolute Gasteiger partial charge is 0.416 e. The molecular formula is C23H31F3N4O5. The van der Waals surface area contributed by atoms with Crippen molar-refractivity contribution >= 4 is 23.6 Å². The van der Waals surface area contributed by atoms with Gasteiger partial charge in [-0.05, 0) is 49.4 Å². The topological polar surface area (TPSA) is 128 Å². The molecule has 9 nitrogen and oxygen atoms in total. The van der Waals surface area contributed by atoms with Gasteiger partial charge in [-0.1, -0.05) is 13.8 Å². The van der Waals surface area contributed by atoms with Crippen LogP contribution in [0, 0.1) is 11.8 Å². The Labute approximate surface area is 201 Å². The van der Waals surface area contributed by atoms with E-state index in [1.165, 1.54) is 5.48 Å². The molecule has 1 saturated heterocycles. The summed E-state index contributed by atoms with van der Waals surface area (Å²) >= 11 is 0. The third-order valence-corrected chi connectivity index (χ3v) is 5.75. The van der Waals surface area contributed by atoms with E-state index in [1.54, 1.807) is 4.90 Å². The van der Waals surface area contributed by atoms with Crippen LogP contribution in [0.2, 0.25) is 0 Å². The molecule has 35 heavy (non-hydrogen) atoms. The molecule has 1 aromatic carbocycles. The van der Waals surface area contributed by atoms with E-state index in [2.05, 4.69) is 10.6 Å². The average Bonchev–Trinajstić information content (AvgIpc) is 2.81. The van der Waals surface area contributed by atoms with Gasteiger partial charge in [0, 0.05) is 37.0 Å². The van der Waals surface area contributed by atoms with Gasteiger partial charge in [0.1, 0.15) is 0 Å². The molecule has 1 aliphatic heterocycles. The van der Waals surface area contributed by atoms with Gasteiger partial charge in [0.2, 0.25) is 17.7 Å². The summed E-state index contributed by atoms with van der Waals surface area (Å²) in [5, 5.41) is 14.0. The molecule has 1 aromatic rings. The van der Waals surface area contributed by atoms with Crippen molar-refractivity contribution in [3.05, 3.63) is 35.4 Å². The zero-order chi connectivity index (χ0) is 26.2. The quantitative estimate of drug-likeness (QED) is 0.305. The van der Waals surface area contributed by atoms with Crippen molar-refractivity contribution in [3.8, 4) is 0 Å². The highest BCUT2D eigenvalue weighted by atomic mass is 19.4. The number of nitrogens with one attached hydrogen (secondary N) is 3. The first kappa shape index (κ1) is 28.1. The molecule has 0 radical (unpaired) electrons. The van der Waals surface area contributed by atoms with Gasteiger partial charge in [-0.25, -0.2) is 5.48 Å². The smallest absolute Gasteiger partial charge is 0.349 e. The Morgan fingerprint density at radius 1 is 1.09 bits per heavy atom. The standard InChI is InChI=1S/C23H31F3N4O5/c1-14(2)11-16(12-19(31)29-35)21(33)27-13-20(32)30-9-7-18(8-10-30)28-22(34)15-3-5-17(6-4-15)23(24,25)26/h3-6,14,16,18,35H,7-13H2,1-2H3,(H,27,33)(H,28,34)(H,29,31). The molecule has 0 aliphatic carbocycles. The summed E-state index contributed by atoms with van der Waals surface area (Å²) in [6.45, 7) is 4.23. The summed E-state index contributed by atoms with van der Waals surface area (Å²) in [7, 11) is 0. The summed E-state index contributed by atoms with van der Waals surface area (Å²) in [5.74, 6) is -2.47. The van der Waals surface area contributed by atoms with E-state index in [9.17, 15) is 32.3 Å². The number of piperidine rings is 1. The zero-order valence-corrected chi connectivity index (χ0v) is 19.7. The van der Waals surface area contributed by atoms with Crippen LogP contribution in [0.25, 0.3) is 0 Å². The molecule has 0 bridgehead atoms. The number of hydrogen-bond acceptors (Lipinski definition) is 5. The molecule has 2 rings (SSSR count). The highest BCUT2D eigenvalue weighted by Gasteiger charge is 2.31. The number of hydroxylamine groups is 1. The van der Waals surface area contributed by atoms with E-state index < -0.39 is 35.4 Å². The monoisotopic (exact) mass is 500 g/mol. The molecule has 4 N–H and O–H groups in total. The van der Waals surface area contributed by atoms with Crippen molar-refractivity contribution in [1.82, 2.24) is 21.0 Å². The van der Waals surface area contributed by atoms with Gasteiger partial charge >= 0.3 is 6.18 Å². The summed E-state index contributed by atoms with van der Waals surface area (Å²) < 4.78 is 38.0. The van der Waals surface area contributed by atoms with Crippen molar-refractivity contribution in [2.45, 2.75) is 51.7 Å². The first-order valence-corrected chi connectivity index (χ1v) is 11.4. The molecule has 0 spiro atoms. The fourth-order valence-electron chi connectivity index (χ4n) is 3.89. The van der Waals surface area contributed by atoms with Gasteiger partial charge in [0.15, 0.2) is 0 Å². The number of likely N-dealkylation sites (tertiary alicyclic amines) is 1. The number of amides is 4. The van der Waals surface area contributed by atoms with Crippen LogP contribution in [-0.4, -0.2) is 59.4 Å². The van der Waals surface area contributed by atoms with Gasteiger partial charge in [0.25, 0.3) is 5.91 Å². The van der Waals surface area contributed by atoms with Crippen LogP contribution in [0.1, 0.15) is 55.5 Å². The number of benzene rings is 1. The number of hydrogen-bond donors (Lipinski definition) is 4. The Kier molecular flexibility index (Phi) is 10.1. The molecule has 12 heteroatoms. The lowest BCUT2D eigenvalue weighted by molar-refractivity contribution is -0.137. The first-order chi connectivity index (χ1) is 16.4. The summed E-state index contributed by atoms with van der Waals surface area (Å²) in [6, 6.07) is 3.71. The number of nitrogens with zero attached hydrogens (tertiary/aromatic N) is 1. The zero-order valence-electron chi connectivity index (χ0n) is 19.7. The van der Waals surface area contributed by atoms with Crippen molar-refractivity contribution < 1.29 is 37.6 Å². The number of halogens is 3. The van der Waals surface area contributed by atoms with Crippen LogP contribution < -0.4 is 16.1 Å². The molecule has 4 amide bonds. The van der Waals surface area contributed by atoms with Crippen LogP contribution in [0.5, 0.6) is 0 Å². The average molecular weight is 501 g/mol. The minimum absolute atomic E-state index is 0.116. The molecule has 194 valence electrons. The first-order valence-electron chi connectivity index (χ1n) is 11.4. The van der Waals surface area contributed by atoms with Gasteiger partial charge in [-0.15, -0.1) is 0 Å². The third-order valence-electron chi connectivity index (χ3n) is 5.75. The van der Waals surface area contributed by atoms with Crippen LogP contribution in [0.4, 0.5) is 13.2 Å². The summed E-state index contributed by atoms with van der Waals surface area (Å²) in [6.07, 6.45) is -3.34. The molecule has 0 aromatic heterocycles. The van der Waals surface area contributed by atoms with Crippen molar-refractivity contribution in [2.75, 3.05) is 19.6 Å². The van der Waals surface area contributed by atoms with Crippen LogP contribution >= 0.6 is 0 Å². The fourth-order valence-corrected chi connectivity index (χ4v) is 3.89. The normalized spacial score (nSPS) is 15.5. The fraction of sp³-hybridized carbons (Fsp3) is 0.565. The van der Waals surface area contributed by atoms with E-state index in [0.29, 0.717) is 32.4 Å². The Morgan fingerprint density at radius 2 is 1.69 bits per heavy atom. The highest BCUT2D eigenvalue weighted by Crippen LogP contribution is 2.29. The molecule has 1 unspecified atom stereocenters. The van der Waals surface area contributed by atoms with Crippen LogP contribution in [-0.2, 0) is 20.6 Å². The summed E-state index contributed by atoms with van der Waals surface area (Å²) in [5.41, 5.74) is 0.790. The minimum Gasteiger partial charge on any atom is -0.349 e. The van der Waals surface area contributed by atoms with Crippen molar-refractivity contribution in [1.29, 1.82) is 0 Å². The van der Waals surface area contributed by atoms with Gasteiger partial charge < -0.3 is 15.5 Å². The second-order valence-electron chi connectivity index (χ2n) is 8.99. The maximum absolute atomic E-state index is 12.7. The predicted molar refractivity (Wildman–Crippen MR) is 119 cm³/mol. The third kappa shape index (κ3) is 8.85. The van der Waals surface area contributed by atoms with E-state index in [-0.39, 0.29) is 36.4 Å². The SMILES string of the molecule is CC(C)CC(CC(=O)NO)C(=O)NCC(=O)N1CCC(NC(=O)c2ccc(C(F)(F)F)cc2)CC1. The molecule has 0 saturated carbocycles. The Morgan fingerprint density at radius 3 is 2.20 bits per heavy atom. The van der Waals surface area contributed by atoms with Gasteiger partial charge in [-0.2, -0.15) is 13.2 Å². The Bertz CT molecular complexity index is 897. The lowest BCUT2D eigenvalue weighted by Gasteiger charge is -2.32.